The fourth-order valence-electron chi connectivity index (χ4n) is 2.34. The number of nitrogens with one attached hydrogen (secondary N) is 1. The van der Waals surface area contributed by atoms with Crippen molar-refractivity contribution < 1.29 is 0 Å². The van der Waals surface area contributed by atoms with Crippen molar-refractivity contribution in [2.75, 3.05) is 30.9 Å². The summed E-state index contributed by atoms with van der Waals surface area (Å²) < 4.78 is 0. The van der Waals surface area contributed by atoms with Crippen molar-refractivity contribution >= 4 is 11.5 Å². The topological polar surface area (TPSA) is 41.0 Å². The quantitative estimate of drug-likeness (QED) is 0.911. The van der Waals surface area contributed by atoms with Crippen LogP contribution < -0.4 is 10.2 Å². The van der Waals surface area contributed by atoms with Gasteiger partial charge in [-0.15, -0.1) is 0 Å². The monoisotopic (exact) mass is 282 g/mol. The zero-order valence-corrected chi connectivity index (χ0v) is 12.9. The minimum Gasteiger partial charge on any atom is -0.378 e. The van der Waals surface area contributed by atoms with Crippen LogP contribution in [0.1, 0.15) is 31.5 Å². The minimum atomic E-state index is 0.559. The van der Waals surface area contributed by atoms with Crippen LogP contribution in [0.25, 0.3) is 11.3 Å². The summed E-state index contributed by atoms with van der Waals surface area (Å²) in [6.45, 7) is 2.96. The summed E-state index contributed by atoms with van der Waals surface area (Å²) >= 11 is 0. The van der Waals surface area contributed by atoms with Gasteiger partial charge in [0.25, 0.3) is 0 Å². The third kappa shape index (κ3) is 3.15. The lowest BCUT2D eigenvalue weighted by Crippen LogP contribution is -2.08. The molecule has 0 saturated heterocycles. The number of aromatic nitrogens is 2. The second-order valence-corrected chi connectivity index (χ2v) is 5.74. The molecule has 0 aliphatic heterocycles. The SMILES string of the molecule is CCNc1cc(-c2ccc(N(C)C)cc2)nc(C2CC2)n1. The van der Waals surface area contributed by atoms with Gasteiger partial charge < -0.3 is 10.2 Å². The first kappa shape index (κ1) is 13.9. The van der Waals surface area contributed by atoms with Crippen LogP contribution >= 0.6 is 0 Å². The van der Waals surface area contributed by atoms with Crippen molar-refractivity contribution in [3.8, 4) is 11.3 Å². The third-order valence-electron chi connectivity index (χ3n) is 3.72. The zero-order chi connectivity index (χ0) is 14.8. The Hall–Kier alpha value is -2.10. The molecule has 1 aliphatic rings. The highest BCUT2D eigenvalue weighted by Crippen LogP contribution is 2.39. The molecular formula is C17H22N4. The normalized spacial score (nSPS) is 14.0. The molecule has 0 radical (unpaired) electrons. The van der Waals surface area contributed by atoms with Crippen molar-refractivity contribution in [1.29, 1.82) is 0 Å². The molecule has 4 heteroatoms. The molecule has 21 heavy (non-hydrogen) atoms. The first-order valence-electron chi connectivity index (χ1n) is 7.58. The molecule has 2 aromatic rings. The molecular weight excluding hydrogens is 260 g/mol. The largest absolute Gasteiger partial charge is 0.378 e. The summed E-state index contributed by atoms with van der Waals surface area (Å²) in [6, 6.07) is 10.6. The van der Waals surface area contributed by atoms with Gasteiger partial charge in [0, 0.05) is 43.9 Å². The average molecular weight is 282 g/mol. The number of hydrogen-bond donors (Lipinski definition) is 1. The van der Waals surface area contributed by atoms with E-state index in [1.54, 1.807) is 0 Å². The Morgan fingerprint density at radius 1 is 1.14 bits per heavy atom. The lowest BCUT2D eigenvalue weighted by Gasteiger charge is -2.13. The van der Waals surface area contributed by atoms with E-state index in [1.165, 1.54) is 18.5 Å². The molecule has 1 aliphatic carbocycles. The molecule has 110 valence electrons. The van der Waals surface area contributed by atoms with E-state index < -0.39 is 0 Å². The van der Waals surface area contributed by atoms with E-state index in [-0.39, 0.29) is 0 Å². The fourth-order valence-corrected chi connectivity index (χ4v) is 2.34. The van der Waals surface area contributed by atoms with Crippen molar-refractivity contribution in [1.82, 2.24) is 9.97 Å². The lowest BCUT2D eigenvalue weighted by atomic mass is 10.1. The maximum atomic E-state index is 4.76. The molecule has 1 aromatic carbocycles. The zero-order valence-electron chi connectivity index (χ0n) is 12.9. The lowest BCUT2D eigenvalue weighted by molar-refractivity contribution is 0.927. The molecule has 0 atom stereocenters. The molecule has 4 nitrogen and oxygen atoms in total. The Labute approximate surface area is 126 Å². The van der Waals surface area contributed by atoms with Crippen LogP contribution in [-0.4, -0.2) is 30.6 Å². The van der Waals surface area contributed by atoms with Crippen LogP contribution in [0.15, 0.2) is 30.3 Å². The molecule has 1 heterocycles. The number of anilines is 2. The summed E-state index contributed by atoms with van der Waals surface area (Å²) in [7, 11) is 4.10. The van der Waals surface area contributed by atoms with E-state index in [1.807, 2.05) is 20.2 Å². The minimum absolute atomic E-state index is 0.559. The van der Waals surface area contributed by atoms with Crippen LogP contribution in [0.3, 0.4) is 0 Å². The van der Waals surface area contributed by atoms with Gasteiger partial charge in [0.05, 0.1) is 5.69 Å². The van der Waals surface area contributed by atoms with E-state index >= 15 is 0 Å². The van der Waals surface area contributed by atoms with Gasteiger partial charge in [-0.1, -0.05) is 12.1 Å². The maximum Gasteiger partial charge on any atom is 0.134 e. The Balaban J connectivity index is 1.95. The fraction of sp³-hybridized carbons (Fsp3) is 0.412. The molecule has 1 saturated carbocycles. The van der Waals surface area contributed by atoms with Gasteiger partial charge in [0.1, 0.15) is 11.6 Å². The van der Waals surface area contributed by atoms with Gasteiger partial charge in [-0.05, 0) is 31.9 Å². The van der Waals surface area contributed by atoms with E-state index in [9.17, 15) is 0 Å². The number of rotatable bonds is 5. The molecule has 0 bridgehead atoms. The molecule has 1 fully saturated rings. The molecule has 1 N–H and O–H groups in total. The first-order chi connectivity index (χ1) is 10.2. The smallest absolute Gasteiger partial charge is 0.134 e. The van der Waals surface area contributed by atoms with Gasteiger partial charge in [-0.3, -0.25) is 0 Å². The Morgan fingerprint density at radius 3 is 2.43 bits per heavy atom. The van der Waals surface area contributed by atoms with E-state index in [0.29, 0.717) is 5.92 Å². The second-order valence-electron chi connectivity index (χ2n) is 5.74. The van der Waals surface area contributed by atoms with E-state index in [4.69, 9.17) is 4.98 Å². The Morgan fingerprint density at radius 2 is 1.86 bits per heavy atom. The van der Waals surface area contributed by atoms with E-state index in [0.717, 1.165) is 29.4 Å². The number of nitrogens with zero attached hydrogens (tertiary/aromatic N) is 3. The Bertz CT molecular complexity index is 615. The highest BCUT2D eigenvalue weighted by Gasteiger charge is 2.27. The summed E-state index contributed by atoms with van der Waals surface area (Å²) in [5.41, 5.74) is 3.35. The molecule has 0 amide bonds. The predicted molar refractivity (Wildman–Crippen MR) is 87.9 cm³/mol. The summed E-state index contributed by atoms with van der Waals surface area (Å²) in [4.78, 5) is 11.5. The standard InChI is InChI=1S/C17H22N4/c1-4-18-16-11-15(19-17(20-16)13-5-6-13)12-7-9-14(10-8-12)21(2)3/h7-11,13H,4-6H2,1-3H3,(H,18,19,20). The summed E-state index contributed by atoms with van der Waals surface area (Å²) in [6.07, 6.45) is 2.43. The molecule has 1 aromatic heterocycles. The summed E-state index contributed by atoms with van der Waals surface area (Å²) in [5.74, 6) is 2.48. The van der Waals surface area contributed by atoms with Crippen LogP contribution in [0.2, 0.25) is 0 Å². The number of benzene rings is 1. The van der Waals surface area contributed by atoms with Crippen LogP contribution in [0.5, 0.6) is 0 Å². The van der Waals surface area contributed by atoms with Crippen LogP contribution in [-0.2, 0) is 0 Å². The van der Waals surface area contributed by atoms with Crippen molar-refractivity contribution in [2.24, 2.45) is 0 Å². The molecule has 0 unspecified atom stereocenters. The second kappa shape index (κ2) is 5.72. The van der Waals surface area contributed by atoms with E-state index in [2.05, 4.69) is 46.4 Å². The van der Waals surface area contributed by atoms with Gasteiger partial charge in [0.2, 0.25) is 0 Å². The van der Waals surface area contributed by atoms with Crippen molar-refractivity contribution in [3.05, 3.63) is 36.2 Å². The van der Waals surface area contributed by atoms with Gasteiger partial charge in [-0.25, -0.2) is 9.97 Å². The highest BCUT2D eigenvalue weighted by molar-refractivity contribution is 5.65. The van der Waals surface area contributed by atoms with Gasteiger partial charge in [0.15, 0.2) is 0 Å². The van der Waals surface area contributed by atoms with Crippen molar-refractivity contribution in [2.45, 2.75) is 25.7 Å². The third-order valence-corrected chi connectivity index (χ3v) is 3.72. The average Bonchev–Trinajstić information content (AvgIpc) is 3.32. The summed E-state index contributed by atoms with van der Waals surface area (Å²) in [5, 5.41) is 3.31. The first-order valence-corrected chi connectivity index (χ1v) is 7.58. The highest BCUT2D eigenvalue weighted by atomic mass is 15.1. The Kier molecular flexibility index (Phi) is 3.78. The predicted octanol–water partition coefficient (Wildman–Crippen LogP) is 3.52. The van der Waals surface area contributed by atoms with Gasteiger partial charge in [-0.2, -0.15) is 0 Å². The molecule has 0 spiro atoms. The van der Waals surface area contributed by atoms with Crippen molar-refractivity contribution in [3.63, 3.8) is 0 Å². The molecule has 3 rings (SSSR count). The number of hydrogen-bond acceptors (Lipinski definition) is 4. The van der Waals surface area contributed by atoms with Crippen LogP contribution in [0, 0.1) is 0 Å². The maximum absolute atomic E-state index is 4.76. The van der Waals surface area contributed by atoms with Crippen LogP contribution in [0.4, 0.5) is 11.5 Å². The van der Waals surface area contributed by atoms with Gasteiger partial charge >= 0.3 is 0 Å².